The summed E-state index contributed by atoms with van der Waals surface area (Å²) in [6, 6.07) is 15.5. The Morgan fingerprint density at radius 3 is 2.61 bits per heavy atom. The van der Waals surface area contributed by atoms with Crippen LogP contribution < -0.4 is 4.90 Å². The van der Waals surface area contributed by atoms with Crippen molar-refractivity contribution in [1.82, 2.24) is 15.1 Å². The van der Waals surface area contributed by atoms with Crippen LogP contribution in [0.3, 0.4) is 0 Å². The van der Waals surface area contributed by atoms with Gasteiger partial charge in [-0.2, -0.15) is 5.10 Å². The van der Waals surface area contributed by atoms with Crippen molar-refractivity contribution >= 4 is 18.0 Å². The lowest BCUT2D eigenvalue weighted by atomic mass is 9.88. The molecule has 2 aromatic carbocycles. The number of aldehydes is 1. The fourth-order valence-corrected chi connectivity index (χ4v) is 4.60. The molecule has 7 heteroatoms. The average molecular weight is 416 g/mol. The molecule has 2 aliphatic heterocycles. The topological polar surface area (TPSA) is 78.5 Å². The molecule has 1 N–H and O–H groups in total. The SMILES string of the molecule is O=Cc1cccc(CN2C(=O)N(c3ccc(-c4cn[nH]c4)cc3)CC23CCOCC3)c1. The first-order valence-corrected chi connectivity index (χ1v) is 10.5. The number of hydrogen-bond donors (Lipinski definition) is 1. The van der Waals surface area contributed by atoms with Gasteiger partial charge in [-0.1, -0.05) is 30.3 Å². The Hall–Kier alpha value is -3.45. The van der Waals surface area contributed by atoms with Gasteiger partial charge in [-0.25, -0.2) is 4.79 Å². The minimum Gasteiger partial charge on any atom is -0.381 e. The van der Waals surface area contributed by atoms with Crippen LogP contribution >= 0.6 is 0 Å². The van der Waals surface area contributed by atoms with Crippen LogP contribution in [0, 0.1) is 0 Å². The molecule has 2 aliphatic rings. The van der Waals surface area contributed by atoms with E-state index in [4.69, 9.17) is 4.74 Å². The number of hydrogen-bond acceptors (Lipinski definition) is 4. The summed E-state index contributed by atoms with van der Waals surface area (Å²) in [5.41, 5.74) is 4.25. The molecule has 0 unspecified atom stereocenters. The molecule has 2 amide bonds. The van der Waals surface area contributed by atoms with Crippen molar-refractivity contribution in [2.24, 2.45) is 0 Å². The Labute approximate surface area is 180 Å². The van der Waals surface area contributed by atoms with Crippen LogP contribution in [0.15, 0.2) is 60.9 Å². The molecule has 0 aliphatic carbocycles. The molecule has 0 atom stereocenters. The van der Waals surface area contributed by atoms with Crippen molar-refractivity contribution in [3.8, 4) is 11.1 Å². The normalized spacial score (nSPS) is 18.0. The van der Waals surface area contributed by atoms with Crippen molar-refractivity contribution in [2.45, 2.75) is 24.9 Å². The Balaban J connectivity index is 1.44. The lowest BCUT2D eigenvalue weighted by Gasteiger charge is -2.40. The summed E-state index contributed by atoms with van der Waals surface area (Å²) < 4.78 is 5.61. The molecule has 1 aromatic heterocycles. The number of anilines is 1. The summed E-state index contributed by atoms with van der Waals surface area (Å²) in [7, 11) is 0. The molecule has 0 saturated carbocycles. The Morgan fingerprint density at radius 1 is 1.10 bits per heavy atom. The third-order valence-corrected chi connectivity index (χ3v) is 6.35. The van der Waals surface area contributed by atoms with E-state index < -0.39 is 0 Å². The van der Waals surface area contributed by atoms with Crippen molar-refractivity contribution < 1.29 is 14.3 Å². The highest BCUT2D eigenvalue weighted by Gasteiger charge is 2.50. The van der Waals surface area contributed by atoms with Crippen LogP contribution in [-0.2, 0) is 11.3 Å². The summed E-state index contributed by atoms with van der Waals surface area (Å²) in [5, 5.41) is 6.83. The largest absolute Gasteiger partial charge is 0.381 e. The van der Waals surface area contributed by atoms with Gasteiger partial charge in [0, 0.05) is 42.8 Å². The third-order valence-electron chi connectivity index (χ3n) is 6.35. The molecular weight excluding hydrogens is 392 g/mol. The fraction of sp³-hybridized carbons (Fsp3) is 0.292. The molecule has 5 rings (SSSR count). The fourth-order valence-electron chi connectivity index (χ4n) is 4.60. The predicted octanol–water partition coefficient (Wildman–Crippen LogP) is 3.88. The number of urea groups is 1. The van der Waals surface area contributed by atoms with Crippen LogP contribution in [0.2, 0.25) is 0 Å². The number of benzene rings is 2. The van der Waals surface area contributed by atoms with E-state index in [0.717, 1.165) is 41.5 Å². The van der Waals surface area contributed by atoms with Gasteiger partial charge in [-0.05, 0) is 42.2 Å². The van der Waals surface area contributed by atoms with E-state index in [1.54, 1.807) is 12.3 Å². The third kappa shape index (κ3) is 3.61. The Kier molecular flexibility index (Phi) is 5.03. The predicted molar refractivity (Wildman–Crippen MR) is 117 cm³/mol. The summed E-state index contributed by atoms with van der Waals surface area (Å²) in [6.45, 7) is 2.40. The highest BCUT2D eigenvalue weighted by Crippen LogP contribution is 2.39. The van der Waals surface area contributed by atoms with Gasteiger partial charge in [-0.3, -0.25) is 14.8 Å². The smallest absolute Gasteiger partial charge is 0.325 e. The molecule has 2 saturated heterocycles. The molecular formula is C24H24N4O3. The van der Waals surface area contributed by atoms with Crippen LogP contribution in [0.1, 0.15) is 28.8 Å². The van der Waals surface area contributed by atoms with Crippen LogP contribution in [-0.4, -0.2) is 52.7 Å². The highest BCUT2D eigenvalue weighted by atomic mass is 16.5. The number of aromatic amines is 1. The van der Waals surface area contributed by atoms with E-state index in [2.05, 4.69) is 10.2 Å². The molecule has 1 spiro atoms. The van der Waals surface area contributed by atoms with Crippen molar-refractivity contribution in [3.63, 3.8) is 0 Å². The first kappa shape index (κ1) is 19.5. The molecule has 0 bridgehead atoms. The molecule has 31 heavy (non-hydrogen) atoms. The summed E-state index contributed by atoms with van der Waals surface area (Å²) in [4.78, 5) is 28.6. The van der Waals surface area contributed by atoms with Gasteiger partial charge in [0.25, 0.3) is 0 Å². The molecule has 3 heterocycles. The number of nitrogens with zero attached hydrogens (tertiary/aromatic N) is 3. The van der Waals surface area contributed by atoms with Gasteiger partial charge < -0.3 is 9.64 Å². The van der Waals surface area contributed by atoms with Gasteiger partial charge in [0.1, 0.15) is 6.29 Å². The van der Waals surface area contributed by atoms with Crippen molar-refractivity contribution in [2.75, 3.05) is 24.7 Å². The van der Waals surface area contributed by atoms with Gasteiger partial charge in [0.15, 0.2) is 0 Å². The average Bonchev–Trinajstić information content (AvgIpc) is 3.44. The molecule has 0 radical (unpaired) electrons. The highest BCUT2D eigenvalue weighted by molar-refractivity contribution is 5.95. The zero-order valence-electron chi connectivity index (χ0n) is 17.2. The molecule has 2 fully saturated rings. The van der Waals surface area contributed by atoms with E-state index in [1.165, 1.54) is 0 Å². The first-order valence-electron chi connectivity index (χ1n) is 10.5. The Bertz CT molecular complexity index is 1070. The maximum atomic E-state index is 13.6. The van der Waals surface area contributed by atoms with Crippen molar-refractivity contribution in [3.05, 3.63) is 72.1 Å². The van der Waals surface area contributed by atoms with Crippen LogP contribution in [0.4, 0.5) is 10.5 Å². The van der Waals surface area contributed by atoms with E-state index >= 15 is 0 Å². The second-order valence-electron chi connectivity index (χ2n) is 8.19. The minimum absolute atomic E-state index is 0.00512. The minimum atomic E-state index is -0.268. The molecule has 3 aromatic rings. The monoisotopic (exact) mass is 416 g/mol. The van der Waals surface area contributed by atoms with E-state index in [0.29, 0.717) is 31.9 Å². The number of ether oxygens (including phenoxy) is 1. The van der Waals surface area contributed by atoms with Gasteiger partial charge >= 0.3 is 6.03 Å². The van der Waals surface area contributed by atoms with Gasteiger partial charge in [-0.15, -0.1) is 0 Å². The maximum absolute atomic E-state index is 13.6. The van der Waals surface area contributed by atoms with Crippen LogP contribution in [0.5, 0.6) is 0 Å². The number of carbonyl (C=O) groups excluding carboxylic acids is 2. The van der Waals surface area contributed by atoms with Crippen LogP contribution in [0.25, 0.3) is 11.1 Å². The number of nitrogens with one attached hydrogen (secondary N) is 1. The molecule has 7 nitrogen and oxygen atoms in total. The second kappa shape index (κ2) is 8.00. The van der Waals surface area contributed by atoms with Gasteiger partial charge in [0.05, 0.1) is 18.3 Å². The second-order valence-corrected chi connectivity index (χ2v) is 8.19. The van der Waals surface area contributed by atoms with Gasteiger partial charge in [0.2, 0.25) is 0 Å². The van der Waals surface area contributed by atoms with Crippen molar-refractivity contribution in [1.29, 1.82) is 0 Å². The summed E-state index contributed by atoms with van der Waals surface area (Å²) in [6.07, 6.45) is 6.07. The number of carbonyl (C=O) groups is 2. The molecule has 158 valence electrons. The zero-order chi connectivity index (χ0) is 21.3. The van der Waals surface area contributed by atoms with E-state index in [9.17, 15) is 9.59 Å². The Morgan fingerprint density at radius 2 is 1.90 bits per heavy atom. The number of H-pyrrole nitrogens is 1. The standard InChI is InChI=1S/C24H24N4O3/c29-16-19-3-1-2-18(12-19)15-28-23(30)27(17-24(28)8-10-31-11-9-24)22-6-4-20(5-7-22)21-13-25-26-14-21/h1-7,12-14,16H,8-11,15,17H2,(H,25,26). The quantitative estimate of drug-likeness (QED) is 0.640. The van der Waals surface area contributed by atoms with E-state index in [1.807, 2.05) is 58.5 Å². The van der Waals surface area contributed by atoms with E-state index in [-0.39, 0.29) is 11.6 Å². The lowest BCUT2D eigenvalue weighted by molar-refractivity contribution is 0.00611. The number of amides is 2. The maximum Gasteiger partial charge on any atom is 0.325 e. The first-order chi connectivity index (χ1) is 15.2. The summed E-state index contributed by atoms with van der Waals surface area (Å²) in [5.74, 6) is 0. The summed E-state index contributed by atoms with van der Waals surface area (Å²) >= 11 is 0. The number of rotatable bonds is 5. The number of aromatic nitrogens is 2. The lowest BCUT2D eigenvalue weighted by Crippen LogP contribution is -2.50. The zero-order valence-corrected chi connectivity index (χ0v) is 17.2.